The number of hydrogen-bond donors (Lipinski definition) is 2. The van der Waals surface area contributed by atoms with Gasteiger partial charge in [-0.15, -0.1) is 0 Å². The van der Waals surface area contributed by atoms with E-state index in [-0.39, 0.29) is 0 Å². The third-order valence-electron chi connectivity index (χ3n) is 4.22. The van der Waals surface area contributed by atoms with Crippen LogP contribution in [-0.2, 0) is 0 Å². The van der Waals surface area contributed by atoms with Crippen LogP contribution >= 0.6 is 12.2 Å². The lowest BCUT2D eigenvalue weighted by Crippen LogP contribution is -2.27. The molecule has 0 amide bonds. The van der Waals surface area contributed by atoms with E-state index in [0.717, 1.165) is 17.0 Å². The number of anilines is 1. The fraction of sp³-hybridized carbons (Fsp3) is 0.562. The van der Waals surface area contributed by atoms with Crippen LogP contribution in [0.4, 0.5) is 5.69 Å². The van der Waals surface area contributed by atoms with E-state index in [1.165, 1.54) is 37.8 Å². The fourth-order valence-corrected chi connectivity index (χ4v) is 3.29. The molecule has 1 aromatic carbocycles. The van der Waals surface area contributed by atoms with E-state index in [1.807, 2.05) is 6.07 Å². The highest BCUT2D eigenvalue weighted by molar-refractivity contribution is 7.80. The molecule has 3 N–H and O–H groups in total. The Hall–Kier alpha value is -1.09. The highest BCUT2D eigenvalue weighted by Crippen LogP contribution is 2.29. The summed E-state index contributed by atoms with van der Waals surface area (Å²) in [4.78, 5) is 0.479. The standard InChI is InChI=1S/C16H24N2S/c1-3-12-5-4-6-13(10-12)18-14-7-8-15(16(17)19)11(2)9-14/h7-9,12-13,18H,3-6,10H2,1-2H3,(H2,17,19). The van der Waals surface area contributed by atoms with E-state index in [2.05, 4.69) is 31.3 Å². The summed E-state index contributed by atoms with van der Waals surface area (Å²) in [7, 11) is 0. The Morgan fingerprint density at radius 2 is 2.21 bits per heavy atom. The molecule has 0 heterocycles. The summed E-state index contributed by atoms with van der Waals surface area (Å²) in [6.07, 6.45) is 6.63. The van der Waals surface area contributed by atoms with Gasteiger partial charge in [-0.1, -0.05) is 38.4 Å². The number of rotatable bonds is 4. The predicted octanol–water partition coefficient (Wildman–Crippen LogP) is 4.01. The van der Waals surface area contributed by atoms with Crippen molar-refractivity contribution < 1.29 is 0 Å². The van der Waals surface area contributed by atoms with Crippen molar-refractivity contribution in [2.75, 3.05) is 5.32 Å². The van der Waals surface area contributed by atoms with Crippen molar-refractivity contribution in [3.63, 3.8) is 0 Å². The molecule has 0 bridgehead atoms. The molecule has 2 atom stereocenters. The number of aryl methyl sites for hydroxylation is 1. The van der Waals surface area contributed by atoms with E-state index in [4.69, 9.17) is 18.0 Å². The van der Waals surface area contributed by atoms with Crippen LogP contribution in [0.1, 0.15) is 50.2 Å². The van der Waals surface area contributed by atoms with E-state index >= 15 is 0 Å². The number of nitrogens with one attached hydrogen (secondary N) is 1. The Morgan fingerprint density at radius 1 is 1.42 bits per heavy atom. The first-order chi connectivity index (χ1) is 9.10. The summed E-state index contributed by atoms with van der Waals surface area (Å²) in [6.45, 7) is 4.36. The summed E-state index contributed by atoms with van der Waals surface area (Å²) in [5, 5.41) is 3.67. The maximum absolute atomic E-state index is 5.70. The Morgan fingerprint density at radius 3 is 2.84 bits per heavy atom. The topological polar surface area (TPSA) is 38.0 Å². The first kappa shape index (κ1) is 14.3. The summed E-state index contributed by atoms with van der Waals surface area (Å²) < 4.78 is 0. The molecular weight excluding hydrogens is 252 g/mol. The molecule has 3 heteroatoms. The molecule has 1 fully saturated rings. The molecule has 1 aliphatic rings. The summed E-state index contributed by atoms with van der Waals surface area (Å²) in [5.74, 6) is 0.892. The number of hydrogen-bond acceptors (Lipinski definition) is 2. The van der Waals surface area contributed by atoms with Crippen molar-refractivity contribution in [3.8, 4) is 0 Å². The van der Waals surface area contributed by atoms with Gasteiger partial charge in [0.25, 0.3) is 0 Å². The normalized spacial score (nSPS) is 23.1. The van der Waals surface area contributed by atoms with Gasteiger partial charge in [0, 0.05) is 17.3 Å². The van der Waals surface area contributed by atoms with Crippen LogP contribution in [0.25, 0.3) is 0 Å². The zero-order valence-electron chi connectivity index (χ0n) is 11.9. The van der Waals surface area contributed by atoms with Crippen molar-refractivity contribution in [1.82, 2.24) is 0 Å². The van der Waals surface area contributed by atoms with Gasteiger partial charge in [-0.3, -0.25) is 0 Å². The van der Waals surface area contributed by atoms with E-state index in [9.17, 15) is 0 Å². The van der Waals surface area contributed by atoms with Crippen molar-refractivity contribution in [2.24, 2.45) is 11.7 Å². The second-order valence-corrected chi connectivity index (χ2v) is 6.12. The van der Waals surface area contributed by atoms with Crippen LogP contribution in [0, 0.1) is 12.8 Å². The highest BCUT2D eigenvalue weighted by atomic mass is 32.1. The average Bonchev–Trinajstić information content (AvgIpc) is 2.38. The molecule has 1 saturated carbocycles. The second-order valence-electron chi connectivity index (χ2n) is 5.68. The lowest BCUT2D eigenvalue weighted by atomic mass is 9.84. The quantitative estimate of drug-likeness (QED) is 0.816. The summed E-state index contributed by atoms with van der Waals surface area (Å²) in [5.41, 5.74) is 9.03. The van der Waals surface area contributed by atoms with Gasteiger partial charge in [0.05, 0.1) is 0 Å². The van der Waals surface area contributed by atoms with Crippen LogP contribution in [0.15, 0.2) is 18.2 Å². The second kappa shape index (κ2) is 6.38. The zero-order chi connectivity index (χ0) is 13.8. The minimum atomic E-state index is 0.479. The molecule has 1 aromatic rings. The van der Waals surface area contributed by atoms with Crippen LogP contribution in [-0.4, -0.2) is 11.0 Å². The maximum Gasteiger partial charge on any atom is 0.104 e. The molecule has 19 heavy (non-hydrogen) atoms. The van der Waals surface area contributed by atoms with E-state index in [0.29, 0.717) is 11.0 Å². The third kappa shape index (κ3) is 3.69. The SMILES string of the molecule is CCC1CCCC(Nc2ccc(C(N)=S)c(C)c2)C1. The average molecular weight is 276 g/mol. The van der Waals surface area contributed by atoms with Gasteiger partial charge in [-0.25, -0.2) is 0 Å². The predicted molar refractivity (Wildman–Crippen MR) is 86.7 cm³/mol. The third-order valence-corrected chi connectivity index (χ3v) is 4.44. The van der Waals surface area contributed by atoms with Crippen molar-refractivity contribution in [3.05, 3.63) is 29.3 Å². The van der Waals surface area contributed by atoms with Gasteiger partial charge < -0.3 is 11.1 Å². The van der Waals surface area contributed by atoms with Crippen LogP contribution in [0.2, 0.25) is 0 Å². The van der Waals surface area contributed by atoms with Crippen LogP contribution < -0.4 is 11.1 Å². The minimum absolute atomic E-state index is 0.479. The molecule has 0 radical (unpaired) electrons. The van der Waals surface area contributed by atoms with Crippen molar-refractivity contribution in [1.29, 1.82) is 0 Å². The minimum Gasteiger partial charge on any atom is -0.389 e. The lowest BCUT2D eigenvalue weighted by molar-refractivity contribution is 0.327. The molecule has 0 aromatic heterocycles. The number of thiocarbonyl (C=S) groups is 1. The Labute approximate surface area is 121 Å². The van der Waals surface area contributed by atoms with Gasteiger partial charge in [0.15, 0.2) is 0 Å². The zero-order valence-corrected chi connectivity index (χ0v) is 12.7. The van der Waals surface area contributed by atoms with Crippen LogP contribution in [0.3, 0.4) is 0 Å². The van der Waals surface area contributed by atoms with Crippen molar-refractivity contribution >= 4 is 22.9 Å². The van der Waals surface area contributed by atoms with Crippen molar-refractivity contribution in [2.45, 2.75) is 52.0 Å². The smallest absolute Gasteiger partial charge is 0.104 e. The van der Waals surface area contributed by atoms with Gasteiger partial charge in [-0.2, -0.15) is 0 Å². The molecule has 2 nitrogen and oxygen atoms in total. The molecule has 104 valence electrons. The fourth-order valence-electron chi connectivity index (χ4n) is 3.06. The van der Waals surface area contributed by atoms with Gasteiger partial charge in [0.2, 0.25) is 0 Å². The van der Waals surface area contributed by atoms with E-state index < -0.39 is 0 Å². The Kier molecular flexibility index (Phi) is 4.81. The largest absolute Gasteiger partial charge is 0.389 e. The maximum atomic E-state index is 5.70. The molecule has 0 saturated heterocycles. The van der Waals surface area contributed by atoms with Gasteiger partial charge in [-0.05, 0) is 49.4 Å². The number of benzene rings is 1. The van der Waals surface area contributed by atoms with Crippen LogP contribution in [0.5, 0.6) is 0 Å². The van der Waals surface area contributed by atoms with E-state index in [1.54, 1.807) is 0 Å². The highest BCUT2D eigenvalue weighted by Gasteiger charge is 2.20. The Bertz CT molecular complexity index is 456. The summed E-state index contributed by atoms with van der Waals surface area (Å²) in [6, 6.07) is 6.90. The molecular formula is C16H24N2S. The molecule has 1 aliphatic carbocycles. The Balaban J connectivity index is 2.03. The van der Waals surface area contributed by atoms with Gasteiger partial charge >= 0.3 is 0 Å². The molecule has 0 aliphatic heterocycles. The monoisotopic (exact) mass is 276 g/mol. The molecule has 2 rings (SSSR count). The molecule has 2 unspecified atom stereocenters. The first-order valence-electron chi connectivity index (χ1n) is 7.27. The number of nitrogens with two attached hydrogens (primary N) is 1. The lowest BCUT2D eigenvalue weighted by Gasteiger charge is -2.30. The van der Waals surface area contributed by atoms with Gasteiger partial charge in [0.1, 0.15) is 4.99 Å². The summed E-state index contributed by atoms with van der Waals surface area (Å²) >= 11 is 5.04. The first-order valence-corrected chi connectivity index (χ1v) is 7.68. The molecule has 0 spiro atoms.